The molecule has 0 amide bonds. The monoisotopic (exact) mass is 204 g/mol. The Morgan fingerprint density at radius 2 is 1.93 bits per heavy atom. The molecule has 0 aliphatic carbocycles. The summed E-state index contributed by atoms with van der Waals surface area (Å²) in [7, 11) is 0. The maximum Gasteiger partial charge on any atom is 0.123 e. The van der Waals surface area contributed by atoms with Crippen LogP contribution in [-0.4, -0.2) is 0 Å². The quantitative estimate of drug-likeness (QED) is 0.629. The van der Waals surface area contributed by atoms with Crippen molar-refractivity contribution in [1.29, 1.82) is 0 Å². The molecule has 0 radical (unpaired) electrons. The van der Waals surface area contributed by atoms with Crippen molar-refractivity contribution >= 4 is 5.57 Å². The number of hydrogen-bond donors (Lipinski definition) is 0. The van der Waals surface area contributed by atoms with E-state index in [2.05, 4.69) is 19.1 Å². The summed E-state index contributed by atoms with van der Waals surface area (Å²) in [5, 5.41) is 0. The number of halogens is 1. The van der Waals surface area contributed by atoms with Gasteiger partial charge in [-0.05, 0) is 36.6 Å². The molecule has 80 valence electrons. The Morgan fingerprint density at radius 1 is 1.27 bits per heavy atom. The first kappa shape index (κ1) is 11.7. The van der Waals surface area contributed by atoms with Gasteiger partial charge in [0.25, 0.3) is 0 Å². The van der Waals surface area contributed by atoms with Crippen molar-refractivity contribution in [2.75, 3.05) is 0 Å². The van der Waals surface area contributed by atoms with Crippen LogP contribution in [0.4, 0.5) is 4.39 Å². The molecule has 0 heterocycles. The second kappa shape index (κ2) is 6.18. The fourth-order valence-electron chi connectivity index (χ4n) is 1.38. The topological polar surface area (TPSA) is 0 Å². The highest BCUT2D eigenvalue weighted by molar-refractivity contribution is 5.73. The van der Waals surface area contributed by atoms with Gasteiger partial charge < -0.3 is 0 Å². The molecule has 0 nitrogen and oxygen atoms in total. The van der Waals surface area contributed by atoms with Gasteiger partial charge in [0.05, 0.1) is 0 Å². The van der Waals surface area contributed by atoms with E-state index < -0.39 is 0 Å². The van der Waals surface area contributed by atoms with Gasteiger partial charge in [-0.2, -0.15) is 0 Å². The van der Waals surface area contributed by atoms with E-state index >= 15 is 0 Å². The van der Waals surface area contributed by atoms with Gasteiger partial charge >= 0.3 is 0 Å². The highest BCUT2D eigenvalue weighted by atomic mass is 19.1. The molecule has 0 saturated heterocycles. The van der Waals surface area contributed by atoms with E-state index in [1.165, 1.54) is 12.1 Å². The summed E-state index contributed by atoms with van der Waals surface area (Å²) in [4.78, 5) is 0. The third-order valence-corrected chi connectivity index (χ3v) is 2.24. The fraction of sp³-hybridized carbons (Fsp3) is 0.286. The second-order valence-corrected chi connectivity index (χ2v) is 3.44. The Hall–Kier alpha value is -1.37. The number of allylic oxidation sites excluding steroid dienone is 4. The van der Waals surface area contributed by atoms with Gasteiger partial charge in [0.1, 0.15) is 5.82 Å². The second-order valence-electron chi connectivity index (χ2n) is 3.44. The lowest BCUT2D eigenvalue weighted by molar-refractivity contribution is 0.627. The summed E-state index contributed by atoms with van der Waals surface area (Å²) in [5.41, 5.74) is 2.20. The number of benzene rings is 1. The molecule has 1 heteroatoms. The first-order valence-electron chi connectivity index (χ1n) is 5.36. The third kappa shape index (κ3) is 3.70. The Labute approximate surface area is 91.1 Å². The first-order valence-corrected chi connectivity index (χ1v) is 5.36. The van der Waals surface area contributed by atoms with Crippen LogP contribution in [0, 0.1) is 5.82 Å². The van der Waals surface area contributed by atoms with Gasteiger partial charge in [-0.15, -0.1) is 0 Å². The van der Waals surface area contributed by atoms with Gasteiger partial charge in [-0.1, -0.05) is 43.7 Å². The van der Waals surface area contributed by atoms with Crippen molar-refractivity contribution < 1.29 is 4.39 Å². The van der Waals surface area contributed by atoms with Gasteiger partial charge in [0.2, 0.25) is 0 Å². The predicted octanol–water partition coefficient (Wildman–Crippen LogP) is 4.59. The lowest BCUT2D eigenvalue weighted by Gasteiger charge is -2.01. The van der Waals surface area contributed by atoms with E-state index in [0.29, 0.717) is 0 Å². The minimum absolute atomic E-state index is 0.188. The van der Waals surface area contributed by atoms with Crippen molar-refractivity contribution in [3.63, 3.8) is 0 Å². The summed E-state index contributed by atoms with van der Waals surface area (Å²) in [5.74, 6) is -0.188. The molecule has 0 aliphatic rings. The van der Waals surface area contributed by atoms with Crippen molar-refractivity contribution in [1.82, 2.24) is 0 Å². The lowest BCUT2D eigenvalue weighted by atomic mass is 10.0. The lowest BCUT2D eigenvalue weighted by Crippen LogP contribution is -1.81. The van der Waals surface area contributed by atoms with Gasteiger partial charge in [0.15, 0.2) is 0 Å². The molecule has 0 saturated carbocycles. The molecule has 0 aromatic heterocycles. The standard InChI is InChI=1S/C14H17F/c1-3-5-6-7-12(4-2)13-8-10-14(15)11-9-13/h4,6-11H,3,5H2,1-2H3. The number of unbranched alkanes of at least 4 members (excludes halogenated alkanes) is 1. The molecule has 0 bridgehead atoms. The summed E-state index contributed by atoms with van der Waals surface area (Å²) in [6.45, 7) is 4.15. The molecule has 0 N–H and O–H groups in total. The highest BCUT2D eigenvalue weighted by Crippen LogP contribution is 2.16. The molecule has 0 spiro atoms. The van der Waals surface area contributed by atoms with Crippen LogP contribution in [-0.2, 0) is 0 Å². The molecule has 15 heavy (non-hydrogen) atoms. The van der Waals surface area contributed by atoms with Crippen LogP contribution in [0.15, 0.2) is 42.5 Å². The van der Waals surface area contributed by atoms with Crippen molar-refractivity contribution in [2.45, 2.75) is 26.7 Å². The van der Waals surface area contributed by atoms with Gasteiger partial charge in [-0.25, -0.2) is 4.39 Å². The van der Waals surface area contributed by atoms with E-state index in [-0.39, 0.29) is 5.82 Å². The minimum atomic E-state index is -0.188. The number of hydrogen-bond acceptors (Lipinski definition) is 0. The number of rotatable bonds is 4. The average molecular weight is 204 g/mol. The molecule has 1 aromatic carbocycles. The molecule has 0 fully saturated rings. The zero-order valence-corrected chi connectivity index (χ0v) is 9.33. The summed E-state index contributed by atoms with van der Waals surface area (Å²) in [6.07, 6.45) is 8.52. The average Bonchev–Trinajstić information content (AvgIpc) is 2.26. The molecule has 0 atom stereocenters. The normalized spacial score (nSPS) is 12.3. The maximum absolute atomic E-state index is 12.7. The maximum atomic E-state index is 12.7. The Kier molecular flexibility index (Phi) is 4.82. The van der Waals surface area contributed by atoms with E-state index in [1.54, 1.807) is 12.1 Å². The summed E-state index contributed by atoms with van der Waals surface area (Å²) < 4.78 is 12.7. The van der Waals surface area contributed by atoms with Crippen LogP contribution < -0.4 is 0 Å². The highest BCUT2D eigenvalue weighted by Gasteiger charge is 1.96. The first-order chi connectivity index (χ1) is 7.27. The summed E-state index contributed by atoms with van der Waals surface area (Å²) in [6, 6.07) is 6.60. The minimum Gasteiger partial charge on any atom is -0.207 e. The van der Waals surface area contributed by atoms with Crippen LogP contribution in [0.3, 0.4) is 0 Å². The van der Waals surface area contributed by atoms with E-state index in [9.17, 15) is 4.39 Å². The van der Waals surface area contributed by atoms with E-state index in [0.717, 1.165) is 24.0 Å². The molecule has 0 unspecified atom stereocenters. The Balaban J connectivity index is 2.80. The zero-order chi connectivity index (χ0) is 11.1. The van der Waals surface area contributed by atoms with Crippen molar-refractivity contribution in [3.05, 3.63) is 53.9 Å². The molecular weight excluding hydrogens is 187 g/mol. The molecule has 0 aliphatic heterocycles. The van der Waals surface area contributed by atoms with Crippen LogP contribution in [0.25, 0.3) is 5.57 Å². The van der Waals surface area contributed by atoms with Crippen LogP contribution in [0.1, 0.15) is 32.3 Å². The zero-order valence-electron chi connectivity index (χ0n) is 9.33. The Bertz CT molecular complexity index is 344. The molecule has 1 rings (SSSR count). The molecular formula is C14H17F. The van der Waals surface area contributed by atoms with Crippen LogP contribution >= 0.6 is 0 Å². The van der Waals surface area contributed by atoms with Crippen molar-refractivity contribution in [3.8, 4) is 0 Å². The van der Waals surface area contributed by atoms with Crippen LogP contribution in [0.2, 0.25) is 0 Å². The molecule has 1 aromatic rings. The third-order valence-electron chi connectivity index (χ3n) is 2.24. The van der Waals surface area contributed by atoms with Crippen LogP contribution in [0.5, 0.6) is 0 Å². The van der Waals surface area contributed by atoms with Gasteiger partial charge in [0, 0.05) is 0 Å². The van der Waals surface area contributed by atoms with Crippen molar-refractivity contribution in [2.24, 2.45) is 0 Å². The van der Waals surface area contributed by atoms with E-state index in [1.807, 2.05) is 13.0 Å². The SMILES string of the molecule is CC=C(C=CCCC)c1ccc(F)cc1. The van der Waals surface area contributed by atoms with Gasteiger partial charge in [-0.3, -0.25) is 0 Å². The predicted molar refractivity (Wildman–Crippen MR) is 64.1 cm³/mol. The Morgan fingerprint density at radius 3 is 2.47 bits per heavy atom. The smallest absolute Gasteiger partial charge is 0.123 e. The van der Waals surface area contributed by atoms with E-state index in [4.69, 9.17) is 0 Å². The largest absolute Gasteiger partial charge is 0.207 e. The fourth-order valence-corrected chi connectivity index (χ4v) is 1.38. The summed E-state index contributed by atoms with van der Waals surface area (Å²) >= 11 is 0.